The minimum Gasteiger partial charge on any atom is -0.493 e. The Hall–Kier alpha value is -3.02. The molecule has 0 spiro atoms. The van der Waals surface area contributed by atoms with Crippen LogP contribution in [0.3, 0.4) is 0 Å². The first kappa shape index (κ1) is 18.3. The summed E-state index contributed by atoms with van der Waals surface area (Å²) in [7, 11) is 0. The van der Waals surface area contributed by atoms with E-state index in [1.165, 1.54) is 0 Å². The molecule has 0 aliphatic rings. The summed E-state index contributed by atoms with van der Waals surface area (Å²) in [5, 5.41) is 5.40. The van der Waals surface area contributed by atoms with Crippen LogP contribution in [0.4, 0.5) is 0 Å². The number of para-hydroxylation sites is 2. The number of nitrogens with one attached hydrogen (secondary N) is 2. The Bertz CT molecular complexity index is 647. The summed E-state index contributed by atoms with van der Waals surface area (Å²) in [4.78, 5) is 23.3. The number of amides is 2. The third-order valence-corrected chi connectivity index (χ3v) is 3.22. The molecule has 2 aromatic rings. The quantitative estimate of drug-likeness (QED) is 0.645. The monoisotopic (exact) mass is 342 g/mol. The Morgan fingerprint density at radius 2 is 1.24 bits per heavy atom. The second-order valence-electron chi connectivity index (χ2n) is 5.21. The van der Waals surface area contributed by atoms with Gasteiger partial charge in [-0.3, -0.25) is 9.59 Å². The van der Waals surface area contributed by atoms with E-state index in [1.54, 1.807) is 12.1 Å². The van der Waals surface area contributed by atoms with Gasteiger partial charge < -0.3 is 20.1 Å². The zero-order valence-corrected chi connectivity index (χ0v) is 13.9. The second-order valence-corrected chi connectivity index (χ2v) is 5.21. The van der Waals surface area contributed by atoms with Crippen LogP contribution < -0.4 is 20.1 Å². The lowest BCUT2D eigenvalue weighted by Gasteiger charge is -2.09. The maximum absolute atomic E-state index is 11.7. The molecule has 2 aromatic carbocycles. The van der Waals surface area contributed by atoms with Crippen molar-refractivity contribution in [2.75, 3.05) is 26.3 Å². The van der Waals surface area contributed by atoms with Crippen molar-refractivity contribution in [3.8, 4) is 11.5 Å². The molecule has 0 radical (unpaired) electrons. The van der Waals surface area contributed by atoms with Crippen molar-refractivity contribution >= 4 is 11.8 Å². The summed E-state index contributed by atoms with van der Waals surface area (Å²) in [6.45, 7) is 0.972. The normalized spacial score (nSPS) is 9.92. The summed E-state index contributed by atoms with van der Waals surface area (Å²) in [5.74, 6) is 1.03. The molecule has 0 fully saturated rings. The number of rotatable bonds is 10. The predicted molar refractivity (Wildman–Crippen MR) is 94.5 cm³/mol. The smallest absolute Gasteiger partial charge is 0.258 e. The van der Waals surface area contributed by atoms with E-state index in [4.69, 9.17) is 9.47 Å². The van der Waals surface area contributed by atoms with Crippen molar-refractivity contribution in [2.24, 2.45) is 0 Å². The lowest BCUT2D eigenvalue weighted by atomic mass is 10.3. The highest BCUT2D eigenvalue weighted by Crippen LogP contribution is 2.08. The molecule has 6 heteroatoms. The summed E-state index contributed by atoms with van der Waals surface area (Å²) in [5.41, 5.74) is 0. The Kier molecular flexibility index (Phi) is 7.84. The van der Waals surface area contributed by atoms with Gasteiger partial charge in [0.05, 0.1) is 13.0 Å². The van der Waals surface area contributed by atoms with Gasteiger partial charge in [0.1, 0.15) is 11.5 Å². The van der Waals surface area contributed by atoms with Gasteiger partial charge in [-0.05, 0) is 24.3 Å². The van der Waals surface area contributed by atoms with Crippen molar-refractivity contribution in [3.05, 3.63) is 60.7 Å². The van der Waals surface area contributed by atoms with E-state index >= 15 is 0 Å². The number of carbonyl (C=O) groups excluding carboxylic acids is 2. The fourth-order valence-corrected chi connectivity index (χ4v) is 1.99. The Morgan fingerprint density at radius 1 is 0.720 bits per heavy atom. The summed E-state index contributed by atoms with van der Waals surface area (Å²) >= 11 is 0. The molecule has 25 heavy (non-hydrogen) atoms. The van der Waals surface area contributed by atoms with E-state index in [9.17, 15) is 9.59 Å². The maximum Gasteiger partial charge on any atom is 0.258 e. The number of ether oxygens (including phenoxy) is 2. The first-order chi connectivity index (χ1) is 12.2. The maximum atomic E-state index is 11.7. The van der Waals surface area contributed by atoms with Crippen molar-refractivity contribution in [2.45, 2.75) is 6.42 Å². The molecule has 0 bridgehead atoms. The molecule has 0 aliphatic carbocycles. The second kappa shape index (κ2) is 10.7. The van der Waals surface area contributed by atoms with Crippen LogP contribution in [0.1, 0.15) is 6.42 Å². The van der Waals surface area contributed by atoms with E-state index in [0.29, 0.717) is 25.4 Å². The first-order valence-corrected chi connectivity index (χ1v) is 8.13. The molecule has 2 N–H and O–H groups in total. The Labute approximate surface area is 147 Å². The molecule has 2 amide bonds. The lowest BCUT2D eigenvalue weighted by molar-refractivity contribution is -0.124. The first-order valence-electron chi connectivity index (χ1n) is 8.13. The van der Waals surface area contributed by atoms with Crippen LogP contribution in [0.15, 0.2) is 60.7 Å². The van der Waals surface area contributed by atoms with Gasteiger partial charge in [0, 0.05) is 13.1 Å². The SMILES string of the molecule is O=C(CCOc1ccccc1)NCCNC(=O)COc1ccccc1. The van der Waals surface area contributed by atoms with Crippen LogP contribution in [0.25, 0.3) is 0 Å². The van der Waals surface area contributed by atoms with Gasteiger partial charge in [-0.25, -0.2) is 0 Å². The van der Waals surface area contributed by atoms with Crippen LogP contribution in [-0.2, 0) is 9.59 Å². The van der Waals surface area contributed by atoms with Crippen LogP contribution in [0.5, 0.6) is 11.5 Å². The average Bonchev–Trinajstić information content (AvgIpc) is 2.65. The van der Waals surface area contributed by atoms with Crippen LogP contribution in [-0.4, -0.2) is 38.1 Å². The highest BCUT2D eigenvalue weighted by atomic mass is 16.5. The summed E-state index contributed by atoms with van der Waals surface area (Å²) < 4.78 is 10.8. The molecule has 0 unspecified atom stereocenters. The summed E-state index contributed by atoms with van der Waals surface area (Å²) in [6, 6.07) is 18.4. The zero-order valence-electron chi connectivity index (χ0n) is 13.9. The predicted octanol–water partition coefficient (Wildman–Crippen LogP) is 1.77. The van der Waals surface area contributed by atoms with Gasteiger partial charge in [0.15, 0.2) is 6.61 Å². The van der Waals surface area contributed by atoms with Crippen molar-refractivity contribution in [1.29, 1.82) is 0 Å². The number of hydrogen-bond acceptors (Lipinski definition) is 4. The van der Waals surface area contributed by atoms with Crippen LogP contribution in [0, 0.1) is 0 Å². The van der Waals surface area contributed by atoms with Gasteiger partial charge in [0.25, 0.3) is 5.91 Å². The molecule has 0 saturated carbocycles. The fourth-order valence-electron chi connectivity index (χ4n) is 1.99. The molecule has 2 rings (SSSR count). The van der Waals surface area contributed by atoms with E-state index in [1.807, 2.05) is 48.5 Å². The number of benzene rings is 2. The molecule has 0 atom stereocenters. The van der Waals surface area contributed by atoms with Gasteiger partial charge in [-0.2, -0.15) is 0 Å². The average molecular weight is 342 g/mol. The van der Waals surface area contributed by atoms with Gasteiger partial charge in [-0.1, -0.05) is 36.4 Å². The molecular weight excluding hydrogens is 320 g/mol. The molecule has 0 saturated heterocycles. The largest absolute Gasteiger partial charge is 0.493 e. The minimum absolute atomic E-state index is 0.0527. The third kappa shape index (κ3) is 7.87. The highest BCUT2D eigenvalue weighted by molar-refractivity contribution is 5.78. The number of carbonyl (C=O) groups is 2. The molecule has 0 aromatic heterocycles. The molecular formula is C19H22N2O4. The van der Waals surface area contributed by atoms with E-state index in [0.717, 1.165) is 5.75 Å². The third-order valence-electron chi connectivity index (χ3n) is 3.22. The molecule has 0 heterocycles. The fraction of sp³-hybridized carbons (Fsp3) is 0.263. The lowest BCUT2D eigenvalue weighted by Crippen LogP contribution is -2.37. The molecule has 0 aliphatic heterocycles. The minimum atomic E-state index is -0.231. The van der Waals surface area contributed by atoms with Crippen molar-refractivity contribution < 1.29 is 19.1 Å². The van der Waals surface area contributed by atoms with Crippen LogP contribution in [0.2, 0.25) is 0 Å². The van der Waals surface area contributed by atoms with E-state index in [2.05, 4.69) is 10.6 Å². The van der Waals surface area contributed by atoms with Gasteiger partial charge >= 0.3 is 0 Å². The van der Waals surface area contributed by atoms with Crippen molar-refractivity contribution in [1.82, 2.24) is 10.6 Å². The van der Waals surface area contributed by atoms with E-state index < -0.39 is 0 Å². The van der Waals surface area contributed by atoms with E-state index in [-0.39, 0.29) is 24.8 Å². The summed E-state index contributed by atoms with van der Waals surface area (Å²) in [6.07, 6.45) is 0.264. The number of hydrogen-bond donors (Lipinski definition) is 2. The molecule has 132 valence electrons. The van der Waals surface area contributed by atoms with Crippen molar-refractivity contribution in [3.63, 3.8) is 0 Å². The van der Waals surface area contributed by atoms with Gasteiger partial charge in [-0.15, -0.1) is 0 Å². The Balaban J connectivity index is 1.49. The topological polar surface area (TPSA) is 76.7 Å². The molecule has 6 nitrogen and oxygen atoms in total. The highest BCUT2D eigenvalue weighted by Gasteiger charge is 2.04. The van der Waals surface area contributed by atoms with Crippen LogP contribution >= 0.6 is 0 Å². The standard InChI is InChI=1S/C19H22N2O4/c22-18(11-14-24-16-7-3-1-4-8-16)20-12-13-21-19(23)15-25-17-9-5-2-6-10-17/h1-10H,11-15H2,(H,20,22)(H,21,23). The van der Waals surface area contributed by atoms with Gasteiger partial charge in [0.2, 0.25) is 5.91 Å². The zero-order chi connectivity index (χ0) is 17.7. The Morgan fingerprint density at radius 3 is 1.84 bits per heavy atom.